The number of nitriles is 1. The maximum Gasteiger partial charge on any atom is 0.340 e. The van der Waals surface area contributed by atoms with Gasteiger partial charge in [-0.2, -0.15) is 5.26 Å². The van der Waals surface area contributed by atoms with Crippen molar-refractivity contribution in [3.63, 3.8) is 0 Å². The van der Waals surface area contributed by atoms with Gasteiger partial charge in [-0.25, -0.2) is 13.2 Å². The summed E-state index contributed by atoms with van der Waals surface area (Å²) in [6.07, 6.45) is 0. The van der Waals surface area contributed by atoms with Crippen molar-refractivity contribution >= 4 is 21.7 Å². The molecule has 0 heterocycles. The van der Waals surface area contributed by atoms with Crippen molar-refractivity contribution in [2.45, 2.75) is 4.90 Å². The van der Waals surface area contributed by atoms with Crippen molar-refractivity contribution < 1.29 is 27.4 Å². The quantitative estimate of drug-likeness (QED) is 0.768. The second-order valence-corrected chi connectivity index (χ2v) is 6.67. The van der Waals surface area contributed by atoms with Gasteiger partial charge in [0.25, 0.3) is 10.0 Å². The van der Waals surface area contributed by atoms with E-state index in [0.29, 0.717) is 5.56 Å². The summed E-state index contributed by atoms with van der Waals surface area (Å²) in [6.45, 7) is 0. The summed E-state index contributed by atoms with van der Waals surface area (Å²) in [4.78, 5) is 12.0. The lowest BCUT2D eigenvalue weighted by Gasteiger charge is -2.15. The standard InChI is InChI=1S/C17H16N2O6S/c1-23-15-8-13(17(20)25-3)14(9-16(15)24-2)19-26(21,22)12-6-4-11(10-18)5-7-12/h4-9,19H,1-3H3. The van der Waals surface area contributed by atoms with E-state index >= 15 is 0 Å². The molecule has 0 unspecified atom stereocenters. The third-order valence-corrected chi connectivity index (χ3v) is 4.85. The highest BCUT2D eigenvalue weighted by Crippen LogP contribution is 2.34. The van der Waals surface area contributed by atoms with Gasteiger partial charge in [0.1, 0.15) is 0 Å². The Morgan fingerprint density at radius 2 is 1.62 bits per heavy atom. The van der Waals surface area contributed by atoms with Gasteiger partial charge in [-0.3, -0.25) is 4.72 Å². The molecule has 0 saturated carbocycles. The smallest absolute Gasteiger partial charge is 0.340 e. The summed E-state index contributed by atoms with van der Waals surface area (Å²) in [5, 5.41) is 8.81. The number of rotatable bonds is 6. The van der Waals surface area contributed by atoms with Crippen LogP contribution in [0.25, 0.3) is 0 Å². The maximum atomic E-state index is 12.6. The molecule has 2 rings (SSSR count). The third-order valence-electron chi connectivity index (χ3n) is 3.47. The van der Waals surface area contributed by atoms with E-state index in [2.05, 4.69) is 4.72 Å². The highest BCUT2D eigenvalue weighted by molar-refractivity contribution is 7.92. The van der Waals surface area contributed by atoms with E-state index in [4.69, 9.17) is 19.5 Å². The van der Waals surface area contributed by atoms with Crippen LogP contribution in [0.2, 0.25) is 0 Å². The van der Waals surface area contributed by atoms with Crippen LogP contribution in [0.15, 0.2) is 41.3 Å². The number of carbonyl (C=O) groups is 1. The van der Waals surface area contributed by atoms with Gasteiger partial charge in [0, 0.05) is 12.1 Å². The first-order chi connectivity index (χ1) is 12.4. The largest absolute Gasteiger partial charge is 0.493 e. The molecule has 136 valence electrons. The fourth-order valence-electron chi connectivity index (χ4n) is 2.15. The molecule has 0 radical (unpaired) electrons. The molecule has 2 aromatic carbocycles. The van der Waals surface area contributed by atoms with Gasteiger partial charge in [0.15, 0.2) is 11.5 Å². The van der Waals surface area contributed by atoms with E-state index in [-0.39, 0.29) is 27.6 Å². The van der Waals surface area contributed by atoms with Gasteiger partial charge >= 0.3 is 5.97 Å². The molecule has 0 aromatic heterocycles. The average molecular weight is 376 g/mol. The van der Waals surface area contributed by atoms with Crippen LogP contribution < -0.4 is 14.2 Å². The molecular weight excluding hydrogens is 360 g/mol. The van der Waals surface area contributed by atoms with Crippen LogP contribution in [0.4, 0.5) is 5.69 Å². The summed E-state index contributed by atoms with van der Waals surface area (Å²) >= 11 is 0. The van der Waals surface area contributed by atoms with Crippen molar-refractivity contribution in [1.82, 2.24) is 0 Å². The number of esters is 1. The highest BCUT2D eigenvalue weighted by atomic mass is 32.2. The predicted octanol–water partition coefficient (Wildman–Crippen LogP) is 2.16. The first kappa shape index (κ1) is 19.1. The molecule has 0 aliphatic heterocycles. The Morgan fingerprint density at radius 1 is 1.04 bits per heavy atom. The average Bonchev–Trinajstić information content (AvgIpc) is 2.66. The summed E-state index contributed by atoms with van der Waals surface area (Å²) in [6, 6.07) is 9.90. The number of hydrogen-bond acceptors (Lipinski definition) is 7. The van der Waals surface area contributed by atoms with Crippen LogP contribution in [0.5, 0.6) is 11.5 Å². The lowest BCUT2D eigenvalue weighted by atomic mass is 10.1. The Hall–Kier alpha value is -3.25. The van der Waals surface area contributed by atoms with Gasteiger partial charge in [-0.1, -0.05) is 0 Å². The Kier molecular flexibility index (Phi) is 5.69. The topological polar surface area (TPSA) is 115 Å². The number of hydrogen-bond donors (Lipinski definition) is 1. The lowest BCUT2D eigenvalue weighted by Crippen LogP contribution is -2.16. The number of carbonyl (C=O) groups excluding carboxylic acids is 1. The Balaban J connectivity index is 2.52. The zero-order valence-corrected chi connectivity index (χ0v) is 15.1. The minimum Gasteiger partial charge on any atom is -0.493 e. The number of sulfonamides is 1. The predicted molar refractivity (Wildman–Crippen MR) is 92.9 cm³/mol. The lowest BCUT2D eigenvalue weighted by molar-refractivity contribution is 0.0601. The van der Waals surface area contributed by atoms with Crippen LogP contribution in [-0.4, -0.2) is 35.7 Å². The maximum absolute atomic E-state index is 12.6. The van der Waals surface area contributed by atoms with Gasteiger partial charge in [-0.05, 0) is 24.3 Å². The number of methoxy groups -OCH3 is 3. The van der Waals surface area contributed by atoms with Crippen molar-refractivity contribution in [2.24, 2.45) is 0 Å². The summed E-state index contributed by atoms with van der Waals surface area (Å²) in [5.74, 6) is -0.268. The van der Waals surface area contributed by atoms with Crippen molar-refractivity contribution in [3.05, 3.63) is 47.5 Å². The monoisotopic (exact) mass is 376 g/mol. The van der Waals surface area contributed by atoms with Crippen LogP contribution in [0.1, 0.15) is 15.9 Å². The fourth-order valence-corrected chi connectivity index (χ4v) is 3.23. The molecule has 0 saturated heterocycles. The molecule has 0 aliphatic carbocycles. The molecule has 1 N–H and O–H groups in total. The summed E-state index contributed by atoms with van der Waals surface area (Å²) < 4.78 is 42.5. The van der Waals surface area contributed by atoms with Gasteiger partial charge in [0.2, 0.25) is 0 Å². The molecule has 0 atom stereocenters. The van der Waals surface area contributed by atoms with E-state index in [9.17, 15) is 13.2 Å². The van der Waals surface area contributed by atoms with E-state index in [1.807, 2.05) is 6.07 Å². The minimum absolute atomic E-state index is 0.0288. The van der Waals surface area contributed by atoms with Crippen molar-refractivity contribution in [2.75, 3.05) is 26.1 Å². The van der Waals surface area contributed by atoms with Crippen LogP contribution >= 0.6 is 0 Å². The summed E-state index contributed by atoms with van der Waals surface area (Å²) in [7, 11) is -0.0603. The molecule has 0 spiro atoms. The molecule has 0 bridgehead atoms. The first-order valence-electron chi connectivity index (χ1n) is 7.23. The molecule has 2 aromatic rings. The van der Waals surface area contributed by atoms with E-state index in [0.717, 1.165) is 0 Å². The van der Waals surface area contributed by atoms with Gasteiger partial charge < -0.3 is 14.2 Å². The number of anilines is 1. The summed E-state index contributed by atoms with van der Waals surface area (Å²) in [5.41, 5.74) is 0.256. The minimum atomic E-state index is -4.01. The Morgan fingerprint density at radius 3 is 2.12 bits per heavy atom. The Bertz CT molecular complexity index is 962. The van der Waals surface area contributed by atoms with Crippen LogP contribution in [-0.2, 0) is 14.8 Å². The van der Waals surface area contributed by atoms with Crippen LogP contribution in [0, 0.1) is 11.3 Å². The molecule has 0 aliphatic rings. The first-order valence-corrected chi connectivity index (χ1v) is 8.72. The number of benzene rings is 2. The second kappa shape index (κ2) is 7.76. The van der Waals surface area contributed by atoms with Crippen LogP contribution in [0.3, 0.4) is 0 Å². The molecule has 26 heavy (non-hydrogen) atoms. The van der Waals surface area contributed by atoms with E-state index in [1.54, 1.807) is 0 Å². The molecule has 0 fully saturated rings. The SMILES string of the molecule is COC(=O)c1cc(OC)c(OC)cc1NS(=O)(=O)c1ccc(C#N)cc1. The zero-order chi connectivity index (χ0) is 19.3. The molecule has 9 heteroatoms. The number of nitrogens with zero attached hydrogens (tertiary/aromatic N) is 1. The normalized spacial score (nSPS) is 10.5. The third kappa shape index (κ3) is 3.87. The van der Waals surface area contributed by atoms with Gasteiger partial charge in [-0.15, -0.1) is 0 Å². The second-order valence-electron chi connectivity index (χ2n) is 4.99. The zero-order valence-electron chi connectivity index (χ0n) is 14.3. The number of nitrogens with one attached hydrogen (secondary N) is 1. The highest BCUT2D eigenvalue weighted by Gasteiger charge is 2.22. The molecule has 0 amide bonds. The molecular formula is C17H16N2O6S. The number of ether oxygens (including phenoxy) is 3. The van der Waals surface area contributed by atoms with Crippen molar-refractivity contribution in [1.29, 1.82) is 5.26 Å². The van der Waals surface area contributed by atoms with Gasteiger partial charge in [0.05, 0.1) is 49.1 Å². The molecule has 8 nitrogen and oxygen atoms in total. The van der Waals surface area contributed by atoms with E-state index in [1.165, 1.54) is 57.7 Å². The Labute approximate surface area is 151 Å². The van der Waals surface area contributed by atoms with Crippen molar-refractivity contribution in [3.8, 4) is 17.6 Å². The van der Waals surface area contributed by atoms with E-state index < -0.39 is 16.0 Å². The fraction of sp³-hybridized carbons (Fsp3) is 0.176.